The minimum atomic E-state index is 0.268. The predicted molar refractivity (Wildman–Crippen MR) is 86.2 cm³/mol. The fourth-order valence-corrected chi connectivity index (χ4v) is 2.14. The van der Waals surface area contributed by atoms with Crippen LogP contribution in [0.4, 0.5) is 0 Å². The summed E-state index contributed by atoms with van der Waals surface area (Å²) in [6.45, 7) is 3.78. The molecule has 0 unspecified atom stereocenters. The minimum Gasteiger partial charge on any atom is -0.497 e. The summed E-state index contributed by atoms with van der Waals surface area (Å²) >= 11 is 0. The molecule has 0 saturated heterocycles. The lowest BCUT2D eigenvalue weighted by atomic mass is 10.2. The Labute approximate surface area is 131 Å². The lowest BCUT2D eigenvalue weighted by Gasteiger charge is -2.23. The molecule has 0 amide bonds. The molecule has 0 saturated carbocycles. The molecule has 2 aromatic rings. The summed E-state index contributed by atoms with van der Waals surface area (Å²) in [6.07, 6.45) is 4.32. The van der Waals surface area contributed by atoms with Crippen LogP contribution in [0.1, 0.15) is 25.1 Å². The average Bonchev–Trinajstić information content (AvgIpc) is 2.59. The standard InChI is InChI=1S/C17H23N3O2/c1-14(17-9-10-18-13-19-17)20(2)11-4-12-22-16-7-5-15(21-3)6-8-16/h5-10,13-14H,4,11-12H2,1-3H3/t14-/m1/s1. The largest absolute Gasteiger partial charge is 0.497 e. The third-order valence-electron chi connectivity index (χ3n) is 3.68. The maximum absolute atomic E-state index is 5.73. The van der Waals surface area contributed by atoms with Crippen LogP contribution in [0.15, 0.2) is 42.9 Å². The van der Waals surface area contributed by atoms with Crippen molar-refractivity contribution in [3.05, 3.63) is 48.5 Å². The van der Waals surface area contributed by atoms with Crippen molar-refractivity contribution in [3.8, 4) is 11.5 Å². The summed E-state index contributed by atoms with van der Waals surface area (Å²) < 4.78 is 10.9. The molecule has 0 spiro atoms. The highest BCUT2D eigenvalue weighted by Gasteiger charge is 2.12. The molecule has 0 aliphatic heterocycles. The summed E-state index contributed by atoms with van der Waals surface area (Å²) in [5.41, 5.74) is 1.04. The van der Waals surface area contributed by atoms with Gasteiger partial charge in [0, 0.05) is 18.8 Å². The Balaban J connectivity index is 1.71. The number of methoxy groups -OCH3 is 1. The van der Waals surface area contributed by atoms with Crippen molar-refractivity contribution in [1.29, 1.82) is 0 Å². The van der Waals surface area contributed by atoms with Gasteiger partial charge in [-0.3, -0.25) is 4.90 Å². The molecule has 5 nitrogen and oxygen atoms in total. The van der Waals surface area contributed by atoms with Gasteiger partial charge in [0.15, 0.2) is 0 Å². The van der Waals surface area contributed by atoms with Gasteiger partial charge in [0.05, 0.1) is 19.4 Å². The highest BCUT2D eigenvalue weighted by molar-refractivity contribution is 5.31. The van der Waals surface area contributed by atoms with Gasteiger partial charge in [-0.25, -0.2) is 9.97 Å². The van der Waals surface area contributed by atoms with Crippen LogP contribution in [0.5, 0.6) is 11.5 Å². The van der Waals surface area contributed by atoms with Crippen LogP contribution < -0.4 is 9.47 Å². The first-order valence-corrected chi connectivity index (χ1v) is 7.43. The molecule has 118 valence electrons. The van der Waals surface area contributed by atoms with Gasteiger partial charge < -0.3 is 9.47 Å². The molecule has 1 aromatic carbocycles. The molecule has 1 aromatic heterocycles. The minimum absolute atomic E-state index is 0.268. The molecule has 0 radical (unpaired) electrons. The van der Waals surface area contributed by atoms with E-state index in [-0.39, 0.29) is 6.04 Å². The molecule has 1 atom stereocenters. The van der Waals surface area contributed by atoms with Crippen LogP contribution in [0.25, 0.3) is 0 Å². The highest BCUT2D eigenvalue weighted by Crippen LogP contribution is 2.18. The van der Waals surface area contributed by atoms with Crippen LogP contribution in [-0.2, 0) is 0 Å². The monoisotopic (exact) mass is 301 g/mol. The van der Waals surface area contributed by atoms with Crippen molar-refractivity contribution in [2.24, 2.45) is 0 Å². The lowest BCUT2D eigenvalue weighted by molar-refractivity contribution is 0.223. The summed E-state index contributed by atoms with van der Waals surface area (Å²) in [5.74, 6) is 1.71. The molecule has 0 fully saturated rings. The van der Waals surface area contributed by atoms with Gasteiger partial charge >= 0.3 is 0 Å². The second-order valence-electron chi connectivity index (χ2n) is 5.17. The number of benzene rings is 1. The Morgan fingerprint density at radius 2 is 1.86 bits per heavy atom. The molecule has 5 heteroatoms. The molecule has 0 aliphatic rings. The van der Waals surface area contributed by atoms with Crippen molar-refractivity contribution < 1.29 is 9.47 Å². The van der Waals surface area contributed by atoms with Crippen molar-refractivity contribution >= 4 is 0 Å². The second kappa shape index (κ2) is 8.34. The van der Waals surface area contributed by atoms with E-state index in [0.29, 0.717) is 6.61 Å². The Hall–Kier alpha value is -2.14. The van der Waals surface area contributed by atoms with Gasteiger partial charge in [0.2, 0.25) is 0 Å². The fraction of sp³-hybridized carbons (Fsp3) is 0.412. The maximum Gasteiger partial charge on any atom is 0.119 e. The molecule has 1 heterocycles. The Morgan fingerprint density at radius 3 is 2.50 bits per heavy atom. The van der Waals surface area contributed by atoms with Crippen molar-refractivity contribution in [2.45, 2.75) is 19.4 Å². The number of nitrogens with zero attached hydrogens (tertiary/aromatic N) is 3. The third kappa shape index (κ3) is 4.70. The van der Waals surface area contributed by atoms with Crippen LogP contribution in [0.2, 0.25) is 0 Å². The molecule has 2 rings (SSSR count). The van der Waals surface area contributed by atoms with E-state index < -0.39 is 0 Å². The third-order valence-corrected chi connectivity index (χ3v) is 3.68. The van der Waals surface area contributed by atoms with Crippen LogP contribution in [0, 0.1) is 0 Å². The van der Waals surface area contributed by atoms with Gasteiger partial charge in [0.1, 0.15) is 17.8 Å². The lowest BCUT2D eigenvalue weighted by Crippen LogP contribution is -2.25. The van der Waals surface area contributed by atoms with Gasteiger partial charge in [0.25, 0.3) is 0 Å². The zero-order valence-corrected chi connectivity index (χ0v) is 13.4. The van der Waals surface area contributed by atoms with Gasteiger partial charge in [-0.05, 0) is 50.7 Å². The van der Waals surface area contributed by atoms with Crippen molar-refractivity contribution in [3.63, 3.8) is 0 Å². The van der Waals surface area contributed by atoms with Crippen LogP contribution in [-0.4, -0.2) is 42.2 Å². The Kier molecular flexibility index (Phi) is 6.15. The number of hydrogen-bond donors (Lipinski definition) is 0. The van der Waals surface area contributed by atoms with Crippen LogP contribution >= 0.6 is 0 Å². The first kappa shape index (κ1) is 16.2. The quantitative estimate of drug-likeness (QED) is 0.702. The summed E-state index contributed by atoms with van der Waals surface area (Å²) in [5, 5.41) is 0. The molecular weight excluding hydrogens is 278 g/mol. The predicted octanol–water partition coefficient (Wildman–Crippen LogP) is 2.95. The summed E-state index contributed by atoms with van der Waals surface area (Å²) in [6, 6.07) is 9.87. The molecule has 0 aliphatic carbocycles. The second-order valence-corrected chi connectivity index (χ2v) is 5.17. The van der Waals surface area contributed by atoms with Gasteiger partial charge in [-0.2, -0.15) is 0 Å². The summed E-state index contributed by atoms with van der Waals surface area (Å²) in [4.78, 5) is 10.5. The highest BCUT2D eigenvalue weighted by atomic mass is 16.5. The molecule has 0 bridgehead atoms. The fourth-order valence-electron chi connectivity index (χ4n) is 2.14. The first-order valence-electron chi connectivity index (χ1n) is 7.43. The van der Waals surface area contributed by atoms with E-state index in [9.17, 15) is 0 Å². The number of aromatic nitrogens is 2. The normalized spacial score (nSPS) is 12.2. The maximum atomic E-state index is 5.73. The van der Waals surface area contributed by atoms with E-state index in [1.54, 1.807) is 19.6 Å². The average molecular weight is 301 g/mol. The van der Waals surface area contributed by atoms with Gasteiger partial charge in [-0.15, -0.1) is 0 Å². The van der Waals surface area contributed by atoms with Gasteiger partial charge in [-0.1, -0.05) is 0 Å². The number of ether oxygens (including phenoxy) is 2. The van der Waals surface area contributed by atoms with E-state index in [2.05, 4.69) is 28.8 Å². The Bertz CT molecular complexity index is 546. The van der Waals surface area contributed by atoms with Crippen LogP contribution in [0.3, 0.4) is 0 Å². The smallest absolute Gasteiger partial charge is 0.119 e. The zero-order chi connectivity index (χ0) is 15.8. The van der Waals surface area contributed by atoms with Crippen molar-refractivity contribution in [1.82, 2.24) is 14.9 Å². The Morgan fingerprint density at radius 1 is 1.14 bits per heavy atom. The van der Waals surface area contributed by atoms with Crippen molar-refractivity contribution in [2.75, 3.05) is 27.3 Å². The molecule has 0 N–H and O–H groups in total. The first-order chi connectivity index (χ1) is 10.7. The van der Waals surface area contributed by atoms with E-state index >= 15 is 0 Å². The number of hydrogen-bond acceptors (Lipinski definition) is 5. The van der Waals surface area contributed by atoms with E-state index in [1.165, 1.54) is 0 Å². The molecular formula is C17H23N3O2. The SMILES string of the molecule is COc1ccc(OCCCN(C)[C@H](C)c2ccncn2)cc1. The van der Waals surface area contributed by atoms with E-state index in [0.717, 1.165) is 30.2 Å². The summed E-state index contributed by atoms with van der Waals surface area (Å²) in [7, 11) is 3.75. The molecule has 22 heavy (non-hydrogen) atoms. The van der Waals surface area contributed by atoms with E-state index in [4.69, 9.17) is 9.47 Å². The topological polar surface area (TPSA) is 47.5 Å². The zero-order valence-electron chi connectivity index (χ0n) is 13.4. The number of rotatable bonds is 8. The van der Waals surface area contributed by atoms with E-state index in [1.807, 2.05) is 30.3 Å².